The Kier molecular flexibility index (Phi) is 5.87. The maximum absolute atomic E-state index is 3.65. The molecule has 1 aromatic rings. The lowest BCUT2D eigenvalue weighted by molar-refractivity contribution is 0.190. The van der Waals surface area contributed by atoms with Crippen LogP contribution in [0.4, 0.5) is 0 Å². The standard InChI is InChI=1S/C17H28N2/c1-3-11-18-17-9-12-19(13-10-17)14-15(2)16-7-5-4-6-8-16/h4-8,15,17-18H,3,9-14H2,1-2H3. The molecule has 1 aliphatic rings. The number of nitrogens with zero attached hydrogens (tertiary/aromatic N) is 1. The SMILES string of the molecule is CCCNC1CCN(CC(C)c2ccccc2)CC1. The van der Waals surface area contributed by atoms with Crippen LogP contribution in [-0.4, -0.2) is 37.1 Å². The Balaban J connectivity index is 1.73. The molecule has 19 heavy (non-hydrogen) atoms. The molecule has 0 spiro atoms. The molecule has 1 saturated heterocycles. The van der Waals surface area contributed by atoms with Gasteiger partial charge < -0.3 is 10.2 Å². The zero-order valence-electron chi connectivity index (χ0n) is 12.4. The summed E-state index contributed by atoms with van der Waals surface area (Å²) in [6.45, 7) is 9.45. The Morgan fingerprint density at radius 2 is 1.89 bits per heavy atom. The first kappa shape index (κ1) is 14.5. The van der Waals surface area contributed by atoms with Gasteiger partial charge in [0.05, 0.1) is 0 Å². The fraction of sp³-hybridized carbons (Fsp3) is 0.647. The van der Waals surface area contributed by atoms with Gasteiger partial charge in [-0.15, -0.1) is 0 Å². The molecule has 0 radical (unpaired) electrons. The summed E-state index contributed by atoms with van der Waals surface area (Å²) in [6.07, 6.45) is 3.86. The smallest absolute Gasteiger partial charge is 0.00914 e. The fourth-order valence-corrected chi connectivity index (χ4v) is 2.94. The van der Waals surface area contributed by atoms with Gasteiger partial charge in [-0.2, -0.15) is 0 Å². The lowest BCUT2D eigenvalue weighted by Gasteiger charge is -2.34. The largest absolute Gasteiger partial charge is 0.314 e. The third-order valence-corrected chi connectivity index (χ3v) is 4.17. The topological polar surface area (TPSA) is 15.3 Å². The van der Waals surface area contributed by atoms with Gasteiger partial charge in [0, 0.05) is 12.6 Å². The predicted molar refractivity (Wildman–Crippen MR) is 82.6 cm³/mol. The number of benzene rings is 1. The van der Waals surface area contributed by atoms with E-state index in [9.17, 15) is 0 Å². The number of hydrogen-bond donors (Lipinski definition) is 1. The van der Waals surface area contributed by atoms with Crippen LogP contribution in [0.2, 0.25) is 0 Å². The average Bonchev–Trinajstić information content (AvgIpc) is 2.47. The fourth-order valence-electron chi connectivity index (χ4n) is 2.94. The van der Waals surface area contributed by atoms with Crippen LogP contribution < -0.4 is 5.32 Å². The van der Waals surface area contributed by atoms with Gasteiger partial charge in [-0.1, -0.05) is 44.2 Å². The molecule has 0 saturated carbocycles. The maximum atomic E-state index is 3.65. The molecular formula is C17H28N2. The van der Waals surface area contributed by atoms with Crippen LogP contribution in [0.15, 0.2) is 30.3 Å². The molecule has 1 aromatic carbocycles. The van der Waals surface area contributed by atoms with E-state index in [0.717, 1.165) is 6.04 Å². The van der Waals surface area contributed by atoms with Crippen molar-refractivity contribution in [2.75, 3.05) is 26.2 Å². The summed E-state index contributed by atoms with van der Waals surface area (Å²) in [4.78, 5) is 2.63. The van der Waals surface area contributed by atoms with Gasteiger partial charge in [-0.25, -0.2) is 0 Å². The van der Waals surface area contributed by atoms with Crippen LogP contribution in [0.25, 0.3) is 0 Å². The summed E-state index contributed by atoms with van der Waals surface area (Å²) >= 11 is 0. The predicted octanol–water partition coefficient (Wildman–Crippen LogP) is 3.25. The van der Waals surface area contributed by atoms with E-state index in [1.165, 1.54) is 51.0 Å². The van der Waals surface area contributed by atoms with E-state index in [1.54, 1.807) is 0 Å². The van der Waals surface area contributed by atoms with Gasteiger partial charge in [0.15, 0.2) is 0 Å². The third-order valence-electron chi connectivity index (χ3n) is 4.17. The number of likely N-dealkylation sites (tertiary alicyclic amines) is 1. The highest BCUT2D eigenvalue weighted by molar-refractivity contribution is 5.19. The lowest BCUT2D eigenvalue weighted by Crippen LogP contribution is -2.43. The Morgan fingerprint density at radius 3 is 2.53 bits per heavy atom. The Labute approximate surface area is 118 Å². The zero-order chi connectivity index (χ0) is 13.5. The highest BCUT2D eigenvalue weighted by atomic mass is 15.1. The highest BCUT2D eigenvalue weighted by Crippen LogP contribution is 2.19. The van der Waals surface area contributed by atoms with Gasteiger partial charge in [0.2, 0.25) is 0 Å². The van der Waals surface area contributed by atoms with E-state index in [1.807, 2.05) is 0 Å². The van der Waals surface area contributed by atoms with E-state index in [-0.39, 0.29) is 0 Å². The summed E-state index contributed by atoms with van der Waals surface area (Å²) < 4.78 is 0. The van der Waals surface area contributed by atoms with Crippen LogP contribution in [0.1, 0.15) is 44.6 Å². The summed E-state index contributed by atoms with van der Waals surface area (Å²) in [5.41, 5.74) is 1.47. The number of nitrogens with one attached hydrogen (secondary N) is 1. The van der Waals surface area contributed by atoms with Crippen molar-refractivity contribution in [3.63, 3.8) is 0 Å². The van der Waals surface area contributed by atoms with Crippen LogP contribution in [-0.2, 0) is 0 Å². The minimum absolute atomic E-state index is 0.640. The van der Waals surface area contributed by atoms with Crippen molar-refractivity contribution in [1.82, 2.24) is 10.2 Å². The first-order valence-electron chi connectivity index (χ1n) is 7.80. The van der Waals surface area contributed by atoms with Gasteiger partial charge in [0.25, 0.3) is 0 Å². The Hall–Kier alpha value is -0.860. The first-order chi connectivity index (χ1) is 9.29. The number of piperidine rings is 1. The second kappa shape index (κ2) is 7.66. The minimum Gasteiger partial charge on any atom is -0.314 e. The van der Waals surface area contributed by atoms with Gasteiger partial charge in [-0.05, 0) is 50.4 Å². The molecule has 1 aliphatic heterocycles. The van der Waals surface area contributed by atoms with Crippen LogP contribution >= 0.6 is 0 Å². The van der Waals surface area contributed by atoms with Crippen LogP contribution in [0.3, 0.4) is 0 Å². The normalized spacial score (nSPS) is 19.5. The van der Waals surface area contributed by atoms with Crippen LogP contribution in [0, 0.1) is 0 Å². The maximum Gasteiger partial charge on any atom is 0.00914 e. The van der Waals surface area contributed by atoms with E-state index >= 15 is 0 Å². The van der Waals surface area contributed by atoms with Crippen molar-refractivity contribution in [2.45, 2.75) is 45.1 Å². The minimum atomic E-state index is 0.640. The monoisotopic (exact) mass is 260 g/mol. The molecule has 0 aliphatic carbocycles. The Bertz CT molecular complexity index is 342. The summed E-state index contributed by atoms with van der Waals surface area (Å²) in [6, 6.07) is 11.6. The zero-order valence-corrected chi connectivity index (χ0v) is 12.4. The molecular weight excluding hydrogens is 232 g/mol. The molecule has 2 nitrogen and oxygen atoms in total. The highest BCUT2D eigenvalue weighted by Gasteiger charge is 2.20. The summed E-state index contributed by atoms with van der Waals surface area (Å²) in [5, 5.41) is 3.65. The summed E-state index contributed by atoms with van der Waals surface area (Å²) in [5.74, 6) is 0.640. The molecule has 1 atom stereocenters. The van der Waals surface area contributed by atoms with Crippen molar-refractivity contribution in [2.24, 2.45) is 0 Å². The average molecular weight is 260 g/mol. The molecule has 1 fully saturated rings. The molecule has 1 N–H and O–H groups in total. The number of rotatable bonds is 6. The molecule has 1 heterocycles. The molecule has 106 valence electrons. The van der Waals surface area contributed by atoms with Crippen molar-refractivity contribution < 1.29 is 0 Å². The van der Waals surface area contributed by atoms with E-state index in [0.29, 0.717) is 5.92 Å². The molecule has 0 bridgehead atoms. The van der Waals surface area contributed by atoms with E-state index in [2.05, 4.69) is 54.4 Å². The van der Waals surface area contributed by atoms with E-state index in [4.69, 9.17) is 0 Å². The van der Waals surface area contributed by atoms with E-state index < -0.39 is 0 Å². The van der Waals surface area contributed by atoms with Crippen molar-refractivity contribution in [3.05, 3.63) is 35.9 Å². The van der Waals surface area contributed by atoms with Crippen LogP contribution in [0.5, 0.6) is 0 Å². The lowest BCUT2D eigenvalue weighted by atomic mass is 9.98. The quantitative estimate of drug-likeness (QED) is 0.844. The summed E-state index contributed by atoms with van der Waals surface area (Å²) in [7, 11) is 0. The second-order valence-corrected chi connectivity index (χ2v) is 5.84. The van der Waals surface area contributed by atoms with Gasteiger partial charge in [0.1, 0.15) is 0 Å². The first-order valence-corrected chi connectivity index (χ1v) is 7.80. The Morgan fingerprint density at radius 1 is 1.21 bits per heavy atom. The van der Waals surface area contributed by atoms with Gasteiger partial charge >= 0.3 is 0 Å². The molecule has 2 heteroatoms. The van der Waals surface area contributed by atoms with Crippen molar-refractivity contribution in [1.29, 1.82) is 0 Å². The third kappa shape index (κ3) is 4.63. The molecule has 2 rings (SSSR count). The molecule has 0 aromatic heterocycles. The molecule has 1 unspecified atom stereocenters. The molecule has 0 amide bonds. The van der Waals surface area contributed by atoms with Gasteiger partial charge in [-0.3, -0.25) is 0 Å². The number of hydrogen-bond acceptors (Lipinski definition) is 2. The van der Waals surface area contributed by atoms with Crippen molar-refractivity contribution >= 4 is 0 Å². The van der Waals surface area contributed by atoms with Crippen molar-refractivity contribution in [3.8, 4) is 0 Å². The second-order valence-electron chi connectivity index (χ2n) is 5.84.